The highest BCUT2D eigenvalue weighted by Crippen LogP contribution is 2.28. The lowest BCUT2D eigenvalue weighted by molar-refractivity contribution is 0.0950. The summed E-state index contributed by atoms with van der Waals surface area (Å²) in [6, 6.07) is 7.86. The predicted molar refractivity (Wildman–Crippen MR) is 108 cm³/mol. The second kappa shape index (κ2) is 10.4. The number of nitriles is 1. The molecule has 0 atom stereocenters. The molecule has 4 nitrogen and oxygen atoms in total. The van der Waals surface area contributed by atoms with E-state index in [0.717, 1.165) is 31.8 Å². The number of rotatable bonds is 5. The van der Waals surface area contributed by atoms with E-state index < -0.39 is 0 Å². The van der Waals surface area contributed by atoms with Crippen molar-refractivity contribution in [3.63, 3.8) is 0 Å². The molecule has 3 rings (SSSR count). The zero-order valence-corrected chi connectivity index (χ0v) is 16.8. The highest BCUT2D eigenvalue weighted by atomic mass is 35.5. The Labute approximate surface area is 168 Å². The van der Waals surface area contributed by atoms with Crippen LogP contribution in [0.25, 0.3) is 0 Å². The number of likely N-dealkylation sites (tertiary alicyclic amines) is 1. The van der Waals surface area contributed by atoms with Crippen molar-refractivity contribution in [2.45, 2.75) is 57.1 Å². The zero-order valence-electron chi connectivity index (χ0n) is 15.2. The van der Waals surface area contributed by atoms with E-state index in [1.807, 2.05) is 0 Å². The number of hydrogen-bond donors (Lipinski definition) is 1. The van der Waals surface area contributed by atoms with Gasteiger partial charge in [0.2, 0.25) is 0 Å². The minimum absolute atomic E-state index is 0. The van der Waals surface area contributed by atoms with Crippen molar-refractivity contribution >= 4 is 24.0 Å². The van der Waals surface area contributed by atoms with E-state index in [-0.39, 0.29) is 18.5 Å². The summed E-state index contributed by atoms with van der Waals surface area (Å²) in [5, 5.41) is 9.79. The zero-order chi connectivity index (χ0) is 17.6. The number of nitrogens with two attached hydrogens (primary N) is 1. The van der Waals surface area contributed by atoms with Gasteiger partial charge >= 0.3 is 0 Å². The van der Waals surface area contributed by atoms with Crippen LogP contribution in [0.5, 0.6) is 5.75 Å². The van der Waals surface area contributed by atoms with Crippen molar-refractivity contribution < 1.29 is 4.74 Å². The Hall–Kier alpha value is -0.990. The summed E-state index contributed by atoms with van der Waals surface area (Å²) in [4.78, 5) is 2.56. The first-order valence-electron chi connectivity index (χ1n) is 9.48. The van der Waals surface area contributed by atoms with Gasteiger partial charge in [0, 0.05) is 24.2 Å². The molecule has 2 N–H and O–H groups in total. The number of hydrogen-bond acceptors (Lipinski definition) is 4. The van der Waals surface area contributed by atoms with E-state index in [4.69, 9.17) is 22.1 Å². The Balaban J connectivity index is 0.00000243. The Morgan fingerprint density at radius 3 is 2.50 bits per heavy atom. The average molecular weight is 398 g/mol. The van der Waals surface area contributed by atoms with Crippen molar-refractivity contribution in [1.82, 2.24) is 4.90 Å². The van der Waals surface area contributed by atoms with Gasteiger partial charge in [0.05, 0.1) is 5.56 Å². The summed E-state index contributed by atoms with van der Waals surface area (Å²) >= 11 is 5.94. The van der Waals surface area contributed by atoms with Crippen LogP contribution in [0, 0.1) is 17.2 Å². The molecule has 0 bridgehead atoms. The molecule has 0 aromatic heterocycles. The second-order valence-corrected chi connectivity index (χ2v) is 7.92. The minimum Gasteiger partial charge on any atom is -0.489 e. The Bertz CT molecular complexity index is 604. The van der Waals surface area contributed by atoms with E-state index in [2.05, 4.69) is 11.0 Å². The summed E-state index contributed by atoms with van der Waals surface area (Å²) in [6.07, 6.45) is 8.52. The van der Waals surface area contributed by atoms with Gasteiger partial charge in [-0.25, -0.2) is 0 Å². The molecular weight excluding hydrogens is 369 g/mol. The smallest absolute Gasteiger partial charge is 0.137 e. The molecule has 2 aliphatic rings. The number of halogens is 2. The molecule has 26 heavy (non-hydrogen) atoms. The molecule has 1 aliphatic heterocycles. The van der Waals surface area contributed by atoms with Crippen LogP contribution in [0.3, 0.4) is 0 Å². The van der Waals surface area contributed by atoms with E-state index in [1.54, 1.807) is 18.2 Å². The molecule has 144 valence electrons. The van der Waals surface area contributed by atoms with Crippen LogP contribution in [-0.4, -0.2) is 36.7 Å². The monoisotopic (exact) mass is 397 g/mol. The number of nitrogens with zero attached hydrogens (tertiary/aromatic N) is 2. The molecule has 6 heteroatoms. The topological polar surface area (TPSA) is 62.3 Å². The molecule has 0 spiro atoms. The van der Waals surface area contributed by atoms with Crippen LogP contribution in [-0.2, 0) is 0 Å². The molecule has 2 fully saturated rings. The SMILES string of the molecule is Cl.N#Cc1cc(Cl)ccc1OC1CCN(CCC2CCC(N)CC2)CC1. The maximum atomic E-state index is 9.22. The summed E-state index contributed by atoms with van der Waals surface area (Å²) in [5.41, 5.74) is 6.51. The summed E-state index contributed by atoms with van der Waals surface area (Å²) in [7, 11) is 0. The van der Waals surface area contributed by atoms with Crippen LogP contribution in [0.4, 0.5) is 0 Å². The van der Waals surface area contributed by atoms with Gasteiger partial charge < -0.3 is 15.4 Å². The first-order chi connectivity index (χ1) is 12.1. The third-order valence-corrected chi connectivity index (χ3v) is 5.87. The average Bonchev–Trinajstić information content (AvgIpc) is 2.64. The summed E-state index contributed by atoms with van der Waals surface area (Å²) < 4.78 is 6.07. The van der Waals surface area contributed by atoms with Crippen LogP contribution >= 0.6 is 24.0 Å². The fraction of sp³-hybridized carbons (Fsp3) is 0.650. The summed E-state index contributed by atoms with van der Waals surface area (Å²) in [5.74, 6) is 1.52. The van der Waals surface area contributed by atoms with Crippen LogP contribution in [0.2, 0.25) is 5.02 Å². The lowest BCUT2D eigenvalue weighted by Crippen LogP contribution is -2.39. The summed E-state index contributed by atoms with van der Waals surface area (Å²) in [6.45, 7) is 3.34. The van der Waals surface area contributed by atoms with Gasteiger partial charge in [-0.15, -0.1) is 12.4 Å². The van der Waals surface area contributed by atoms with Crippen molar-refractivity contribution in [2.75, 3.05) is 19.6 Å². The predicted octanol–water partition coefficient (Wildman–Crippen LogP) is 4.38. The molecule has 1 heterocycles. The lowest BCUT2D eigenvalue weighted by atomic mass is 9.84. The number of ether oxygens (including phenoxy) is 1. The quantitative estimate of drug-likeness (QED) is 0.799. The molecule has 0 radical (unpaired) electrons. The van der Waals surface area contributed by atoms with Crippen molar-refractivity contribution in [3.05, 3.63) is 28.8 Å². The third-order valence-electron chi connectivity index (χ3n) is 5.64. The Kier molecular flexibility index (Phi) is 8.50. The number of benzene rings is 1. The standard InChI is InChI=1S/C20H28ClN3O.ClH/c21-17-3-6-20(16(13-17)14-22)25-19-8-11-24(12-9-19)10-7-15-1-4-18(23)5-2-15;/h3,6,13,15,18-19H,1-2,4-5,7-12,23H2;1H. The van der Waals surface area contributed by atoms with Crippen molar-refractivity contribution in [1.29, 1.82) is 5.26 Å². The fourth-order valence-corrected chi connectivity index (χ4v) is 4.14. The molecular formula is C20H29Cl2N3O. The van der Waals surface area contributed by atoms with Gasteiger partial charge in [-0.05, 0) is 75.6 Å². The highest BCUT2D eigenvalue weighted by Gasteiger charge is 2.23. The van der Waals surface area contributed by atoms with Crippen LogP contribution in [0.1, 0.15) is 50.5 Å². The van der Waals surface area contributed by atoms with Gasteiger partial charge in [-0.3, -0.25) is 0 Å². The van der Waals surface area contributed by atoms with Gasteiger partial charge in [0.15, 0.2) is 0 Å². The van der Waals surface area contributed by atoms with Gasteiger partial charge in [0.1, 0.15) is 17.9 Å². The Morgan fingerprint density at radius 1 is 1.15 bits per heavy atom. The molecule has 0 amide bonds. The second-order valence-electron chi connectivity index (χ2n) is 7.48. The largest absolute Gasteiger partial charge is 0.489 e. The molecule has 1 aromatic rings. The fourth-order valence-electron chi connectivity index (χ4n) is 3.96. The first kappa shape index (κ1) is 21.3. The van der Waals surface area contributed by atoms with Crippen molar-refractivity contribution in [2.24, 2.45) is 11.7 Å². The first-order valence-corrected chi connectivity index (χ1v) is 9.86. The normalized spacial score (nSPS) is 24.5. The third kappa shape index (κ3) is 6.03. The van der Waals surface area contributed by atoms with E-state index in [1.165, 1.54) is 38.6 Å². The van der Waals surface area contributed by atoms with Crippen LogP contribution in [0.15, 0.2) is 18.2 Å². The van der Waals surface area contributed by atoms with Crippen molar-refractivity contribution in [3.8, 4) is 11.8 Å². The maximum absolute atomic E-state index is 9.22. The Morgan fingerprint density at radius 2 is 1.85 bits per heavy atom. The minimum atomic E-state index is 0. The molecule has 1 saturated heterocycles. The highest BCUT2D eigenvalue weighted by molar-refractivity contribution is 6.30. The number of piperidine rings is 1. The van der Waals surface area contributed by atoms with Gasteiger partial charge in [-0.1, -0.05) is 11.6 Å². The van der Waals surface area contributed by atoms with E-state index in [9.17, 15) is 5.26 Å². The molecule has 1 aliphatic carbocycles. The molecule has 1 aromatic carbocycles. The molecule has 1 saturated carbocycles. The molecule has 0 unspecified atom stereocenters. The lowest BCUT2D eigenvalue weighted by Gasteiger charge is -2.34. The van der Waals surface area contributed by atoms with E-state index in [0.29, 0.717) is 22.4 Å². The van der Waals surface area contributed by atoms with E-state index >= 15 is 0 Å². The van der Waals surface area contributed by atoms with Gasteiger partial charge in [0.25, 0.3) is 0 Å². The maximum Gasteiger partial charge on any atom is 0.137 e. The van der Waals surface area contributed by atoms with Crippen LogP contribution < -0.4 is 10.5 Å². The van der Waals surface area contributed by atoms with Gasteiger partial charge in [-0.2, -0.15) is 5.26 Å².